The van der Waals surface area contributed by atoms with Gasteiger partial charge in [0, 0.05) is 50.2 Å². The van der Waals surface area contributed by atoms with Crippen molar-refractivity contribution in [3.63, 3.8) is 0 Å². The van der Waals surface area contributed by atoms with Crippen molar-refractivity contribution in [1.29, 1.82) is 0 Å². The molecule has 178 valence electrons. The highest BCUT2D eigenvalue weighted by Gasteiger charge is 2.41. The Morgan fingerprint density at radius 2 is 1.67 bits per heavy atom. The summed E-state index contributed by atoms with van der Waals surface area (Å²) in [4.78, 5) is 0. The van der Waals surface area contributed by atoms with E-state index in [2.05, 4.69) is 39.6 Å². The third-order valence-corrected chi connectivity index (χ3v) is 8.75. The summed E-state index contributed by atoms with van der Waals surface area (Å²) in [6.07, 6.45) is 5.45. The zero-order chi connectivity index (χ0) is 22.8. The highest BCUT2D eigenvalue weighted by atomic mass is 32.2. The molecule has 0 aromatic heterocycles. The molecule has 0 amide bonds. The van der Waals surface area contributed by atoms with Gasteiger partial charge in [-0.05, 0) is 54.9 Å². The van der Waals surface area contributed by atoms with Gasteiger partial charge in [0.2, 0.25) is 0 Å². The van der Waals surface area contributed by atoms with Crippen molar-refractivity contribution in [3.8, 4) is 11.1 Å². The minimum atomic E-state index is -3.61. The zero-order valence-corrected chi connectivity index (χ0v) is 19.9. The number of nitrogens with zero attached hydrogens (tertiary/aromatic N) is 1. The molecule has 0 bridgehead atoms. The molecule has 2 aliphatic carbocycles. The Balaban J connectivity index is 1.37. The van der Waals surface area contributed by atoms with E-state index in [0.29, 0.717) is 55.9 Å². The van der Waals surface area contributed by atoms with Crippen molar-refractivity contribution < 1.29 is 8.42 Å². The van der Waals surface area contributed by atoms with Crippen LogP contribution in [0.5, 0.6) is 0 Å². The van der Waals surface area contributed by atoms with Crippen LogP contribution in [0.15, 0.2) is 48.5 Å². The molecule has 8 heteroatoms. The quantitative estimate of drug-likeness (QED) is 0.500. The largest absolute Gasteiger partial charge is 0.328 e. The van der Waals surface area contributed by atoms with E-state index in [9.17, 15) is 8.42 Å². The zero-order valence-electron chi connectivity index (χ0n) is 19.0. The van der Waals surface area contributed by atoms with Crippen LogP contribution in [0.4, 0.5) is 5.69 Å². The molecule has 3 fully saturated rings. The van der Waals surface area contributed by atoms with Gasteiger partial charge in [0.25, 0.3) is 0 Å². The monoisotopic (exact) mass is 469 g/mol. The fourth-order valence-electron chi connectivity index (χ4n) is 5.18. The van der Waals surface area contributed by atoms with Gasteiger partial charge in [0.15, 0.2) is 0 Å². The van der Waals surface area contributed by atoms with E-state index in [0.717, 1.165) is 48.8 Å². The smallest absolute Gasteiger partial charge is 0.301 e. The standard InChI is InChI=1S/C25H35N5O2S/c26-20-7-9-21(10-8-20)28-24-17-23(24)22-11-6-19(18-4-2-1-3-5-18)16-25(22)29-33(31,32)30-14-12-27-13-15-30/h1-6,11,16,20-21,23-24,27-29H,7-10,12-15,17,26H2/t20-,21-,23-,24+/m1/s1. The van der Waals surface area contributed by atoms with E-state index >= 15 is 0 Å². The number of nitrogens with two attached hydrogens (primary N) is 1. The maximum absolute atomic E-state index is 13.2. The highest BCUT2D eigenvalue weighted by Crippen LogP contribution is 2.46. The lowest BCUT2D eigenvalue weighted by Crippen LogP contribution is -2.48. The lowest BCUT2D eigenvalue weighted by atomic mass is 9.91. The van der Waals surface area contributed by atoms with Gasteiger partial charge in [-0.25, -0.2) is 0 Å². The molecule has 5 N–H and O–H groups in total. The molecule has 0 unspecified atom stereocenters. The molecule has 1 heterocycles. The Bertz CT molecular complexity index is 1050. The Hall–Kier alpha value is -1.97. The number of benzene rings is 2. The summed E-state index contributed by atoms with van der Waals surface area (Å²) in [6, 6.07) is 17.6. The van der Waals surface area contributed by atoms with Gasteiger partial charge in [-0.2, -0.15) is 12.7 Å². The normalized spacial score (nSPS) is 28.4. The summed E-state index contributed by atoms with van der Waals surface area (Å²) >= 11 is 0. The molecule has 33 heavy (non-hydrogen) atoms. The average molecular weight is 470 g/mol. The van der Waals surface area contributed by atoms with Crippen LogP contribution in [0.25, 0.3) is 11.1 Å². The predicted molar refractivity (Wildman–Crippen MR) is 133 cm³/mol. The van der Waals surface area contributed by atoms with Crippen LogP contribution >= 0.6 is 0 Å². The fraction of sp³-hybridized carbons (Fsp3) is 0.520. The van der Waals surface area contributed by atoms with Crippen LogP contribution in [0.1, 0.15) is 43.6 Å². The molecular formula is C25H35N5O2S. The first kappa shape index (κ1) is 22.8. The maximum Gasteiger partial charge on any atom is 0.301 e. The van der Waals surface area contributed by atoms with E-state index in [1.165, 1.54) is 4.31 Å². The van der Waals surface area contributed by atoms with E-state index in [1.54, 1.807) is 0 Å². The molecule has 7 nitrogen and oxygen atoms in total. The van der Waals surface area contributed by atoms with Crippen LogP contribution in [0.2, 0.25) is 0 Å². The van der Waals surface area contributed by atoms with Gasteiger partial charge in [0.05, 0.1) is 5.69 Å². The van der Waals surface area contributed by atoms with Gasteiger partial charge in [-0.15, -0.1) is 0 Å². The topological polar surface area (TPSA) is 99.5 Å². The number of rotatable bonds is 7. The summed E-state index contributed by atoms with van der Waals surface area (Å²) in [7, 11) is -3.61. The second-order valence-electron chi connectivity index (χ2n) is 9.65. The molecule has 2 atom stereocenters. The molecule has 2 aromatic carbocycles. The van der Waals surface area contributed by atoms with Crippen LogP contribution in [0.3, 0.4) is 0 Å². The number of piperazine rings is 1. The lowest BCUT2D eigenvalue weighted by molar-refractivity contribution is 0.339. The molecule has 3 aliphatic rings. The van der Waals surface area contributed by atoms with Gasteiger partial charge in [-0.1, -0.05) is 42.5 Å². The number of anilines is 1. The first-order valence-electron chi connectivity index (χ1n) is 12.2. The average Bonchev–Trinajstić information content (AvgIpc) is 3.60. The first-order chi connectivity index (χ1) is 16.0. The molecule has 5 rings (SSSR count). The molecule has 0 radical (unpaired) electrons. The van der Waals surface area contributed by atoms with E-state index < -0.39 is 10.2 Å². The lowest BCUT2D eigenvalue weighted by Gasteiger charge is -2.28. The molecule has 1 aliphatic heterocycles. The summed E-state index contributed by atoms with van der Waals surface area (Å²) in [5, 5.41) is 7.03. The van der Waals surface area contributed by atoms with Gasteiger partial charge >= 0.3 is 10.2 Å². The summed E-state index contributed by atoms with van der Waals surface area (Å²) in [5.74, 6) is 0.325. The number of hydrogen-bond acceptors (Lipinski definition) is 5. The summed E-state index contributed by atoms with van der Waals surface area (Å²) in [5.41, 5.74) is 9.95. The molecule has 2 aromatic rings. The van der Waals surface area contributed by atoms with Crippen molar-refractivity contribution in [2.45, 2.75) is 56.1 Å². The number of nitrogens with one attached hydrogen (secondary N) is 3. The highest BCUT2D eigenvalue weighted by molar-refractivity contribution is 7.90. The molecule has 2 saturated carbocycles. The number of hydrogen-bond donors (Lipinski definition) is 4. The maximum atomic E-state index is 13.2. The third kappa shape index (κ3) is 5.41. The minimum Gasteiger partial charge on any atom is -0.328 e. The Morgan fingerprint density at radius 1 is 0.939 bits per heavy atom. The van der Waals surface area contributed by atoms with Crippen LogP contribution in [0, 0.1) is 0 Å². The second kappa shape index (κ2) is 9.72. The van der Waals surface area contributed by atoms with Crippen molar-refractivity contribution >= 4 is 15.9 Å². The summed E-state index contributed by atoms with van der Waals surface area (Å²) in [6.45, 7) is 2.33. The SMILES string of the molecule is N[C@H]1CC[C@H](N[C@H]2C[C@@H]2c2ccc(-c3ccccc3)cc2NS(=O)(=O)N2CCNCC2)CC1. The fourth-order valence-corrected chi connectivity index (χ4v) is 6.42. The predicted octanol–water partition coefficient (Wildman–Crippen LogP) is 2.63. The Morgan fingerprint density at radius 3 is 2.39 bits per heavy atom. The van der Waals surface area contributed by atoms with E-state index in [1.807, 2.05) is 24.3 Å². The Kier molecular flexibility index (Phi) is 6.72. The van der Waals surface area contributed by atoms with Crippen molar-refractivity contribution in [1.82, 2.24) is 14.9 Å². The third-order valence-electron chi connectivity index (χ3n) is 7.23. The second-order valence-corrected chi connectivity index (χ2v) is 11.3. The van der Waals surface area contributed by atoms with Gasteiger partial charge in [0.1, 0.15) is 0 Å². The summed E-state index contributed by atoms with van der Waals surface area (Å²) < 4.78 is 30.9. The first-order valence-corrected chi connectivity index (χ1v) is 13.6. The van der Waals surface area contributed by atoms with Crippen molar-refractivity contribution in [3.05, 3.63) is 54.1 Å². The van der Waals surface area contributed by atoms with Crippen LogP contribution < -0.4 is 21.1 Å². The Labute approximate surface area is 197 Å². The molecule has 0 spiro atoms. The van der Waals surface area contributed by atoms with Crippen LogP contribution in [-0.2, 0) is 10.2 Å². The molecular weight excluding hydrogens is 434 g/mol. The van der Waals surface area contributed by atoms with Gasteiger partial charge in [-0.3, -0.25) is 4.72 Å². The van der Waals surface area contributed by atoms with Crippen LogP contribution in [-0.4, -0.2) is 57.0 Å². The van der Waals surface area contributed by atoms with E-state index in [-0.39, 0.29) is 0 Å². The van der Waals surface area contributed by atoms with Gasteiger partial charge < -0.3 is 16.4 Å². The van der Waals surface area contributed by atoms with Crippen molar-refractivity contribution in [2.24, 2.45) is 5.73 Å². The minimum absolute atomic E-state index is 0.325. The molecule has 1 saturated heterocycles. The van der Waals surface area contributed by atoms with Crippen molar-refractivity contribution in [2.75, 3.05) is 30.9 Å². The van der Waals surface area contributed by atoms with E-state index in [4.69, 9.17) is 5.73 Å².